The van der Waals surface area contributed by atoms with E-state index in [0.29, 0.717) is 27.9 Å². The Morgan fingerprint density at radius 3 is 2.30 bits per heavy atom. The smallest absolute Gasteiger partial charge is 0.261 e. The van der Waals surface area contributed by atoms with Gasteiger partial charge < -0.3 is 0 Å². The number of aromatic amines is 1. The molecule has 3 rings (SSSR count). The molecule has 2 N–H and O–H groups in total. The van der Waals surface area contributed by atoms with E-state index in [1.165, 1.54) is 0 Å². The van der Waals surface area contributed by atoms with Gasteiger partial charge in [0.1, 0.15) is 5.82 Å². The van der Waals surface area contributed by atoms with Crippen LogP contribution in [-0.4, -0.2) is 23.6 Å². The van der Waals surface area contributed by atoms with E-state index in [2.05, 4.69) is 19.9 Å². The first-order valence-electron chi connectivity index (χ1n) is 8.40. The van der Waals surface area contributed by atoms with Crippen molar-refractivity contribution in [3.63, 3.8) is 0 Å². The monoisotopic (exact) mass is 404 g/mol. The van der Waals surface area contributed by atoms with Crippen molar-refractivity contribution in [1.82, 2.24) is 15.2 Å². The van der Waals surface area contributed by atoms with Crippen LogP contribution in [0.1, 0.15) is 32.2 Å². The van der Waals surface area contributed by atoms with Gasteiger partial charge >= 0.3 is 0 Å². The van der Waals surface area contributed by atoms with E-state index in [4.69, 9.17) is 11.6 Å². The third kappa shape index (κ3) is 3.99. The van der Waals surface area contributed by atoms with E-state index in [1.54, 1.807) is 49.4 Å². The molecule has 6 nitrogen and oxygen atoms in total. The second kappa shape index (κ2) is 6.98. The van der Waals surface area contributed by atoms with Gasteiger partial charge in [0.05, 0.1) is 16.1 Å². The number of hydrogen-bond acceptors (Lipinski definition) is 4. The number of hydrogen-bond donors (Lipinski definition) is 2. The summed E-state index contributed by atoms with van der Waals surface area (Å²) in [4.78, 5) is 4.57. The van der Waals surface area contributed by atoms with Gasteiger partial charge in [-0.1, -0.05) is 50.6 Å². The first-order chi connectivity index (χ1) is 12.6. The quantitative estimate of drug-likeness (QED) is 0.668. The Morgan fingerprint density at radius 2 is 1.74 bits per heavy atom. The zero-order chi connectivity index (χ0) is 19.8. The molecule has 0 unspecified atom stereocenters. The molecule has 0 bridgehead atoms. The van der Waals surface area contributed by atoms with Crippen LogP contribution in [0, 0.1) is 6.92 Å². The summed E-state index contributed by atoms with van der Waals surface area (Å²) in [6.07, 6.45) is 0. The fourth-order valence-corrected chi connectivity index (χ4v) is 4.42. The zero-order valence-electron chi connectivity index (χ0n) is 15.5. The molecule has 0 fully saturated rings. The average Bonchev–Trinajstić information content (AvgIpc) is 3.02. The van der Waals surface area contributed by atoms with E-state index in [9.17, 15) is 8.42 Å². The van der Waals surface area contributed by atoms with Crippen molar-refractivity contribution >= 4 is 27.3 Å². The summed E-state index contributed by atoms with van der Waals surface area (Å²) in [6, 6.07) is 11.5. The Morgan fingerprint density at radius 1 is 1.07 bits per heavy atom. The molecule has 3 aromatic rings. The first-order valence-corrected chi connectivity index (χ1v) is 10.3. The highest BCUT2D eigenvalue weighted by atomic mass is 35.5. The predicted molar refractivity (Wildman–Crippen MR) is 108 cm³/mol. The summed E-state index contributed by atoms with van der Waals surface area (Å²) < 4.78 is 28.4. The zero-order valence-corrected chi connectivity index (χ0v) is 17.1. The van der Waals surface area contributed by atoms with Gasteiger partial charge in [-0.2, -0.15) is 5.10 Å². The van der Waals surface area contributed by atoms with Crippen LogP contribution in [0.2, 0.25) is 5.02 Å². The second-order valence-corrected chi connectivity index (χ2v) is 9.35. The number of rotatable bonds is 4. The Labute approximate surface area is 164 Å². The second-order valence-electron chi connectivity index (χ2n) is 7.26. The highest BCUT2D eigenvalue weighted by molar-refractivity contribution is 7.92. The van der Waals surface area contributed by atoms with Gasteiger partial charge in [0.15, 0.2) is 5.82 Å². The van der Waals surface area contributed by atoms with Crippen LogP contribution in [0.25, 0.3) is 11.4 Å². The van der Waals surface area contributed by atoms with Crippen LogP contribution in [0.15, 0.2) is 47.4 Å². The lowest BCUT2D eigenvalue weighted by Crippen LogP contribution is -2.18. The van der Waals surface area contributed by atoms with Crippen LogP contribution in [0.5, 0.6) is 0 Å². The standard InChI is InChI=1S/C19H21ClN4O2S/c1-12-21-18(23-22-12)16-15(11-10-14(20)17(16)19(2,3)4)24-27(25,26)13-8-6-5-7-9-13/h5-11,24H,1-4H3,(H,21,22,23). The van der Waals surface area contributed by atoms with Crippen LogP contribution in [0.4, 0.5) is 5.69 Å². The SMILES string of the molecule is Cc1nc(-c2c(NS(=O)(=O)c3ccccc3)ccc(Cl)c2C(C)(C)C)n[nH]1. The molecule has 1 aromatic heterocycles. The maximum Gasteiger partial charge on any atom is 0.261 e. The van der Waals surface area contributed by atoms with Crippen molar-refractivity contribution in [3.05, 3.63) is 58.9 Å². The van der Waals surface area contributed by atoms with Gasteiger partial charge in [0.25, 0.3) is 10.0 Å². The molecule has 2 aromatic carbocycles. The third-order valence-electron chi connectivity index (χ3n) is 4.02. The normalized spacial score (nSPS) is 12.2. The van der Waals surface area contributed by atoms with Crippen LogP contribution >= 0.6 is 11.6 Å². The summed E-state index contributed by atoms with van der Waals surface area (Å²) in [6.45, 7) is 7.80. The van der Waals surface area contributed by atoms with E-state index < -0.39 is 10.0 Å². The Hall–Kier alpha value is -2.38. The molecule has 0 aliphatic carbocycles. The van der Waals surface area contributed by atoms with Gasteiger partial charge in [0.2, 0.25) is 0 Å². The van der Waals surface area contributed by atoms with Gasteiger partial charge in [-0.15, -0.1) is 0 Å². The minimum absolute atomic E-state index is 0.175. The fourth-order valence-electron chi connectivity index (χ4n) is 2.89. The van der Waals surface area contributed by atoms with Crippen molar-refractivity contribution in [2.75, 3.05) is 4.72 Å². The van der Waals surface area contributed by atoms with Crippen molar-refractivity contribution < 1.29 is 8.42 Å². The van der Waals surface area contributed by atoms with Crippen molar-refractivity contribution in [2.24, 2.45) is 0 Å². The maximum absolute atomic E-state index is 12.8. The number of aromatic nitrogens is 3. The van der Waals surface area contributed by atoms with Gasteiger partial charge in [0, 0.05) is 5.02 Å². The largest absolute Gasteiger partial charge is 0.279 e. The number of nitrogens with zero attached hydrogens (tertiary/aromatic N) is 2. The summed E-state index contributed by atoms with van der Waals surface area (Å²) in [7, 11) is -3.77. The summed E-state index contributed by atoms with van der Waals surface area (Å²) >= 11 is 6.49. The summed E-state index contributed by atoms with van der Waals surface area (Å²) in [5, 5.41) is 7.57. The third-order valence-corrected chi connectivity index (χ3v) is 5.72. The Kier molecular flexibility index (Phi) is 5.01. The van der Waals surface area contributed by atoms with E-state index in [-0.39, 0.29) is 10.3 Å². The highest BCUT2D eigenvalue weighted by Crippen LogP contribution is 2.41. The lowest BCUT2D eigenvalue weighted by atomic mass is 9.83. The number of sulfonamides is 1. The minimum atomic E-state index is -3.77. The molecule has 0 saturated heterocycles. The maximum atomic E-state index is 12.8. The van der Waals surface area contributed by atoms with Crippen LogP contribution in [-0.2, 0) is 15.4 Å². The van der Waals surface area contributed by atoms with E-state index in [0.717, 1.165) is 5.56 Å². The lowest BCUT2D eigenvalue weighted by molar-refractivity contribution is 0.591. The molecule has 0 amide bonds. The average molecular weight is 405 g/mol. The number of nitrogens with one attached hydrogen (secondary N) is 2. The highest BCUT2D eigenvalue weighted by Gasteiger charge is 2.28. The molecule has 0 aliphatic rings. The Bertz CT molecular complexity index is 1070. The molecule has 0 atom stereocenters. The molecule has 27 heavy (non-hydrogen) atoms. The molecule has 8 heteroatoms. The van der Waals surface area contributed by atoms with E-state index >= 15 is 0 Å². The molecule has 0 aliphatic heterocycles. The minimum Gasteiger partial charge on any atom is -0.279 e. The van der Waals surface area contributed by atoms with Gasteiger partial charge in [-0.25, -0.2) is 13.4 Å². The van der Waals surface area contributed by atoms with Gasteiger partial charge in [-0.05, 0) is 42.2 Å². The van der Waals surface area contributed by atoms with Gasteiger partial charge in [-0.3, -0.25) is 9.82 Å². The number of benzene rings is 2. The molecular weight excluding hydrogens is 384 g/mol. The van der Waals surface area contributed by atoms with Crippen molar-refractivity contribution in [2.45, 2.75) is 38.0 Å². The molecule has 142 valence electrons. The summed E-state index contributed by atoms with van der Waals surface area (Å²) in [5.41, 5.74) is 1.37. The fraction of sp³-hybridized carbons (Fsp3) is 0.263. The van der Waals surface area contributed by atoms with Crippen LogP contribution in [0.3, 0.4) is 0 Å². The molecular formula is C19H21ClN4O2S. The van der Waals surface area contributed by atoms with E-state index in [1.807, 2.05) is 20.8 Å². The molecule has 0 spiro atoms. The van der Waals surface area contributed by atoms with Crippen molar-refractivity contribution in [3.8, 4) is 11.4 Å². The number of H-pyrrole nitrogens is 1. The number of anilines is 1. The first kappa shape index (κ1) is 19.4. The molecule has 1 heterocycles. The predicted octanol–water partition coefficient (Wildman–Crippen LogP) is 4.53. The molecule has 0 saturated carbocycles. The topological polar surface area (TPSA) is 87.7 Å². The summed E-state index contributed by atoms with van der Waals surface area (Å²) in [5.74, 6) is 1.02. The number of halogens is 1. The molecule has 0 radical (unpaired) electrons. The van der Waals surface area contributed by atoms with Crippen LogP contribution < -0.4 is 4.72 Å². The lowest BCUT2D eigenvalue weighted by Gasteiger charge is -2.25. The Balaban J connectivity index is 2.22. The number of aryl methyl sites for hydroxylation is 1. The van der Waals surface area contributed by atoms with Crippen molar-refractivity contribution in [1.29, 1.82) is 0 Å².